The first-order valence-electron chi connectivity index (χ1n) is 7.44. The second-order valence-electron chi connectivity index (χ2n) is 5.61. The number of nitro groups is 1. The van der Waals surface area contributed by atoms with Gasteiger partial charge in [0.05, 0.1) is 15.6 Å². The van der Waals surface area contributed by atoms with Gasteiger partial charge in [-0.3, -0.25) is 19.7 Å². The molecule has 130 valence electrons. The molecule has 2 aromatic carbocycles. The molecule has 7 nitrogen and oxygen atoms in total. The number of nitro benzene ring substituents is 1. The Bertz CT molecular complexity index is 819. The Hall–Kier alpha value is -2.93. The van der Waals surface area contributed by atoms with Crippen molar-refractivity contribution in [1.29, 1.82) is 0 Å². The lowest BCUT2D eigenvalue weighted by molar-refractivity contribution is -0.384. The van der Waals surface area contributed by atoms with Crippen LogP contribution in [0.2, 0.25) is 5.02 Å². The first-order chi connectivity index (χ1) is 11.8. The van der Waals surface area contributed by atoms with E-state index in [1.165, 1.54) is 12.1 Å². The number of nitrogens with zero attached hydrogens (tertiary/aromatic N) is 1. The lowest BCUT2D eigenvalue weighted by Crippen LogP contribution is -2.29. The third-order valence-corrected chi connectivity index (χ3v) is 3.78. The molecule has 2 N–H and O–H groups in total. The molecule has 2 aromatic rings. The zero-order chi connectivity index (χ0) is 18.6. The number of nitrogens with one attached hydrogen (secondary N) is 2. The average Bonchev–Trinajstić information content (AvgIpc) is 2.57. The largest absolute Gasteiger partial charge is 0.318 e. The fourth-order valence-electron chi connectivity index (χ4n) is 2.04. The fourth-order valence-corrected chi connectivity index (χ4v) is 2.21. The van der Waals surface area contributed by atoms with E-state index in [0.29, 0.717) is 11.6 Å². The molecule has 0 saturated heterocycles. The summed E-state index contributed by atoms with van der Waals surface area (Å²) in [5, 5.41) is 15.6. The standard InChI is InChI=1S/C17H16ClN3O4/c1-10(2)11-3-5-12(6-4-11)19-16(22)17(23)20-15-9-13(21(24)25)7-8-14(15)18/h3-10H,1-2H3,(H,19,22)(H,20,23). The van der Waals surface area contributed by atoms with Crippen LogP contribution < -0.4 is 10.6 Å². The number of carbonyl (C=O) groups is 2. The lowest BCUT2D eigenvalue weighted by atomic mass is 10.0. The van der Waals surface area contributed by atoms with Gasteiger partial charge in [-0.2, -0.15) is 0 Å². The average molecular weight is 362 g/mol. The van der Waals surface area contributed by atoms with Gasteiger partial charge < -0.3 is 10.6 Å². The van der Waals surface area contributed by atoms with Crippen molar-refractivity contribution in [1.82, 2.24) is 0 Å². The van der Waals surface area contributed by atoms with Gasteiger partial charge in [-0.05, 0) is 29.7 Å². The predicted octanol–water partition coefficient (Wildman–Crippen LogP) is 3.95. The summed E-state index contributed by atoms with van der Waals surface area (Å²) < 4.78 is 0. The number of amides is 2. The van der Waals surface area contributed by atoms with Crippen LogP contribution in [0.3, 0.4) is 0 Å². The number of carbonyl (C=O) groups excluding carboxylic acids is 2. The van der Waals surface area contributed by atoms with Gasteiger partial charge in [0.1, 0.15) is 0 Å². The smallest absolute Gasteiger partial charge is 0.314 e. The zero-order valence-corrected chi connectivity index (χ0v) is 14.3. The number of hydrogen-bond acceptors (Lipinski definition) is 4. The first-order valence-corrected chi connectivity index (χ1v) is 7.82. The predicted molar refractivity (Wildman–Crippen MR) is 95.9 cm³/mol. The topological polar surface area (TPSA) is 101 Å². The molecule has 0 aliphatic heterocycles. The van der Waals surface area contributed by atoms with Crippen LogP contribution in [0.15, 0.2) is 42.5 Å². The molecule has 0 spiro atoms. The SMILES string of the molecule is CC(C)c1ccc(NC(=O)C(=O)Nc2cc([N+](=O)[O-])ccc2Cl)cc1. The Morgan fingerprint density at radius 3 is 2.20 bits per heavy atom. The molecule has 8 heteroatoms. The molecule has 0 heterocycles. The number of anilines is 2. The van der Waals surface area contributed by atoms with Crippen LogP contribution in [0, 0.1) is 10.1 Å². The van der Waals surface area contributed by atoms with Crippen LogP contribution in [0.4, 0.5) is 17.1 Å². The van der Waals surface area contributed by atoms with E-state index < -0.39 is 16.7 Å². The van der Waals surface area contributed by atoms with E-state index in [9.17, 15) is 19.7 Å². The van der Waals surface area contributed by atoms with Gasteiger partial charge in [0, 0.05) is 17.8 Å². The number of benzene rings is 2. The minimum absolute atomic E-state index is 0.00817. The Balaban J connectivity index is 2.06. The Kier molecular flexibility index (Phi) is 5.71. The van der Waals surface area contributed by atoms with Crippen LogP contribution in [0.1, 0.15) is 25.3 Å². The third-order valence-electron chi connectivity index (χ3n) is 3.45. The number of rotatable bonds is 4. The van der Waals surface area contributed by atoms with Crippen LogP contribution in [-0.2, 0) is 9.59 Å². The zero-order valence-electron chi connectivity index (χ0n) is 13.6. The van der Waals surface area contributed by atoms with Crippen molar-refractivity contribution in [3.63, 3.8) is 0 Å². The van der Waals surface area contributed by atoms with E-state index >= 15 is 0 Å². The van der Waals surface area contributed by atoms with E-state index in [0.717, 1.165) is 11.6 Å². The molecule has 0 aliphatic carbocycles. The molecule has 0 bridgehead atoms. The van der Waals surface area contributed by atoms with Crippen LogP contribution in [0.25, 0.3) is 0 Å². The Morgan fingerprint density at radius 1 is 1.04 bits per heavy atom. The molecule has 2 amide bonds. The number of non-ortho nitro benzene ring substituents is 1. The van der Waals surface area contributed by atoms with Gasteiger partial charge in [-0.15, -0.1) is 0 Å². The monoisotopic (exact) mass is 361 g/mol. The summed E-state index contributed by atoms with van der Waals surface area (Å²) in [4.78, 5) is 34.1. The van der Waals surface area contributed by atoms with Gasteiger partial charge in [-0.1, -0.05) is 37.6 Å². The Labute approximate surface area is 149 Å². The minimum Gasteiger partial charge on any atom is -0.318 e. The van der Waals surface area contributed by atoms with Crippen LogP contribution in [0.5, 0.6) is 0 Å². The fraction of sp³-hybridized carbons (Fsp3) is 0.176. The van der Waals surface area contributed by atoms with Gasteiger partial charge >= 0.3 is 11.8 Å². The van der Waals surface area contributed by atoms with E-state index in [2.05, 4.69) is 10.6 Å². The molecular weight excluding hydrogens is 346 g/mol. The molecule has 0 aromatic heterocycles. The quantitative estimate of drug-likeness (QED) is 0.489. The van der Waals surface area contributed by atoms with Crippen molar-refractivity contribution in [3.05, 3.63) is 63.2 Å². The van der Waals surface area contributed by atoms with Crippen LogP contribution in [-0.4, -0.2) is 16.7 Å². The van der Waals surface area contributed by atoms with Crippen molar-refractivity contribution >= 4 is 40.5 Å². The Morgan fingerprint density at radius 2 is 1.64 bits per heavy atom. The van der Waals surface area contributed by atoms with E-state index in [1.54, 1.807) is 12.1 Å². The third kappa shape index (κ3) is 4.77. The molecule has 0 saturated carbocycles. The van der Waals surface area contributed by atoms with E-state index in [-0.39, 0.29) is 16.4 Å². The van der Waals surface area contributed by atoms with Gasteiger partial charge in [-0.25, -0.2) is 0 Å². The second kappa shape index (κ2) is 7.76. The van der Waals surface area contributed by atoms with E-state index in [1.807, 2.05) is 26.0 Å². The maximum absolute atomic E-state index is 12.0. The highest BCUT2D eigenvalue weighted by atomic mass is 35.5. The highest BCUT2D eigenvalue weighted by molar-refractivity contribution is 6.44. The second-order valence-corrected chi connectivity index (χ2v) is 6.01. The lowest BCUT2D eigenvalue weighted by Gasteiger charge is -2.09. The first kappa shape index (κ1) is 18.4. The summed E-state index contributed by atoms with van der Waals surface area (Å²) in [6.07, 6.45) is 0. The highest BCUT2D eigenvalue weighted by Crippen LogP contribution is 2.26. The summed E-state index contributed by atoms with van der Waals surface area (Å²) in [5.74, 6) is -1.53. The minimum atomic E-state index is -0.977. The maximum atomic E-state index is 12.0. The van der Waals surface area contributed by atoms with Crippen LogP contribution >= 0.6 is 11.6 Å². The highest BCUT2D eigenvalue weighted by Gasteiger charge is 2.17. The van der Waals surface area contributed by atoms with Crippen molar-refractivity contribution in [3.8, 4) is 0 Å². The molecule has 0 unspecified atom stereocenters. The molecular formula is C17H16ClN3O4. The molecule has 0 fully saturated rings. The summed E-state index contributed by atoms with van der Waals surface area (Å²) >= 11 is 5.89. The number of halogens is 1. The van der Waals surface area contributed by atoms with Gasteiger partial charge in [0.2, 0.25) is 0 Å². The van der Waals surface area contributed by atoms with Gasteiger partial charge in [0.15, 0.2) is 0 Å². The van der Waals surface area contributed by atoms with Crippen molar-refractivity contribution < 1.29 is 14.5 Å². The van der Waals surface area contributed by atoms with Crippen molar-refractivity contribution in [2.75, 3.05) is 10.6 Å². The summed E-state index contributed by atoms with van der Waals surface area (Å²) in [6.45, 7) is 4.09. The summed E-state index contributed by atoms with van der Waals surface area (Å²) in [6, 6.07) is 10.7. The van der Waals surface area contributed by atoms with Crippen molar-refractivity contribution in [2.24, 2.45) is 0 Å². The summed E-state index contributed by atoms with van der Waals surface area (Å²) in [5.41, 5.74) is 1.32. The molecule has 2 rings (SSSR count). The van der Waals surface area contributed by atoms with E-state index in [4.69, 9.17) is 11.6 Å². The molecule has 0 aliphatic rings. The normalized spacial score (nSPS) is 10.4. The maximum Gasteiger partial charge on any atom is 0.314 e. The molecule has 25 heavy (non-hydrogen) atoms. The number of hydrogen-bond donors (Lipinski definition) is 2. The molecule has 0 radical (unpaired) electrons. The van der Waals surface area contributed by atoms with Crippen molar-refractivity contribution in [2.45, 2.75) is 19.8 Å². The molecule has 0 atom stereocenters. The summed E-state index contributed by atoms with van der Waals surface area (Å²) in [7, 11) is 0. The van der Waals surface area contributed by atoms with Gasteiger partial charge in [0.25, 0.3) is 5.69 Å².